The lowest BCUT2D eigenvalue weighted by molar-refractivity contribution is 0.0436. The van der Waals surface area contributed by atoms with Crippen LogP contribution < -0.4 is 0 Å². The van der Waals surface area contributed by atoms with Crippen molar-refractivity contribution in [2.24, 2.45) is 0 Å². The number of fused-ring (bicyclic) bond motifs is 1. The first-order valence-electron chi connectivity index (χ1n) is 6.58. The maximum atomic E-state index is 12.4. The summed E-state index contributed by atoms with van der Waals surface area (Å²) in [5.74, 6) is 0.581. The Bertz CT molecular complexity index is 618. The minimum Gasteiger partial charge on any atom is -0.483 e. The number of benzene rings is 1. The average Bonchev–Trinajstić information content (AvgIpc) is 2.50. The summed E-state index contributed by atoms with van der Waals surface area (Å²) < 4.78 is 10.6. The number of hydrogen-bond donors (Lipinski definition) is 0. The van der Waals surface area contributed by atoms with Gasteiger partial charge in [0.2, 0.25) is 23.1 Å². The molecule has 1 aliphatic carbocycles. The second-order valence-corrected chi connectivity index (χ2v) is 5.74. The van der Waals surface area contributed by atoms with E-state index in [1.54, 1.807) is 23.9 Å². The number of rotatable bonds is 3. The van der Waals surface area contributed by atoms with Gasteiger partial charge in [-0.3, -0.25) is 9.59 Å². The van der Waals surface area contributed by atoms with E-state index in [0.29, 0.717) is 24.3 Å². The standard InChI is InChI=1S/C15H14O4S/c1-2-7-20-9-3-4-10-11(8-9)13(17)15-14(12(10)16)18-5-6-19-15/h3-4,8H,2,5-7H2,1H3. The topological polar surface area (TPSA) is 52.6 Å². The molecule has 1 aromatic carbocycles. The highest BCUT2D eigenvalue weighted by molar-refractivity contribution is 7.99. The molecule has 0 saturated carbocycles. The minimum absolute atomic E-state index is 0.0581. The zero-order chi connectivity index (χ0) is 14.1. The zero-order valence-electron chi connectivity index (χ0n) is 11.1. The third kappa shape index (κ3) is 2.12. The van der Waals surface area contributed by atoms with Crippen LogP contribution in [0.5, 0.6) is 0 Å². The molecule has 2 aliphatic rings. The van der Waals surface area contributed by atoms with Crippen LogP contribution in [0.3, 0.4) is 0 Å². The predicted octanol–water partition coefficient (Wildman–Crippen LogP) is 2.83. The third-order valence-corrected chi connectivity index (χ3v) is 4.35. The van der Waals surface area contributed by atoms with E-state index in [1.807, 2.05) is 6.07 Å². The first-order chi connectivity index (χ1) is 9.72. The van der Waals surface area contributed by atoms with E-state index in [1.165, 1.54) is 0 Å². The SMILES string of the molecule is CCCSc1ccc2c(c1)C(=O)C1=C(OCCO1)C2=O. The lowest BCUT2D eigenvalue weighted by atomic mass is 9.92. The van der Waals surface area contributed by atoms with E-state index >= 15 is 0 Å². The summed E-state index contributed by atoms with van der Waals surface area (Å²) in [6.07, 6.45) is 1.06. The van der Waals surface area contributed by atoms with E-state index in [-0.39, 0.29) is 23.1 Å². The van der Waals surface area contributed by atoms with Crippen LogP contribution in [0.25, 0.3) is 0 Å². The minimum atomic E-state index is -0.263. The fraction of sp³-hybridized carbons (Fsp3) is 0.333. The molecular formula is C15H14O4S. The number of carbonyl (C=O) groups is 2. The Hall–Kier alpha value is -1.75. The van der Waals surface area contributed by atoms with E-state index in [2.05, 4.69) is 6.92 Å². The monoisotopic (exact) mass is 290 g/mol. The van der Waals surface area contributed by atoms with Gasteiger partial charge in [0.15, 0.2) is 0 Å². The van der Waals surface area contributed by atoms with E-state index in [0.717, 1.165) is 17.1 Å². The summed E-state index contributed by atoms with van der Waals surface area (Å²) in [7, 11) is 0. The molecule has 3 rings (SSSR count). The van der Waals surface area contributed by atoms with E-state index in [9.17, 15) is 9.59 Å². The van der Waals surface area contributed by atoms with Crippen LogP contribution in [0, 0.1) is 0 Å². The van der Waals surface area contributed by atoms with Gasteiger partial charge in [0.1, 0.15) is 13.2 Å². The Kier molecular flexibility index (Phi) is 3.53. The number of Topliss-reactive ketones (excluding diaryl/α,β-unsaturated/α-hetero) is 2. The molecule has 0 aromatic heterocycles. The Balaban J connectivity index is 2.01. The van der Waals surface area contributed by atoms with Gasteiger partial charge in [0.05, 0.1) is 0 Å². The highest BCUT2D eigenvalue weighted by Crippen LogP contribution is 2.32. The van der Waals surface area contributed by atoms with Crippen molar-refractivity contribution < 1.29 is 19.1 Å². The largest absolute Gasteiger partial charge is 0.483 e. The summed E-state index contributed by atoms with van der Waals surface area (Å²) in [4.78, 5) is 25.7. The van der Waals surface area contributed by atoms with Crippen LogP contribution in [0.15, 0.2) is 34.6 Å². The van der Waals surface area contributed by atoms with Crippen LogP contribution in [-0.2, 0) is 9.47 Å². The van der Waals surface area contributed by atoms with E-state index in [4.69, 9.17) is 9.47 Å². The van der Waals surface area contributed by atoms with Crippen molar-refractivity contribution in [1.29, 1.82) is 0 Å². The van der Waals surface area contributed by atoms with Crippen molar-refractivity contribution in [3.63, 3.8) is 0 Å². The second-order valence-electron chi connectivity index (χ2n) is 4.57. The molecule has 0 radical (unpaired) electrons. The molecule has 0 amide bonds. The molecule has 0 N–H and O–H groups in total. The zero-order valence-corrected chi connectivity index (χ0v) is 11.9. The number of hydrogen-bond acceptors (Lipinski definition) is 5. The lowest BCUT2D eigenvalue weighted by Crippen LogP contribution is -2.29. The van der Waals surface area contributed by atoms with Gasteiger partial charge in [-0.1, -0.05) is 6.92 Å². The molecule has 0 bridgehead atoms. The highest BCUT2D eigenvalue weighted by Gasteiger charge is 2.37. The van der Waals surface area contributed by atoms with Gasteiger partial charge in [0.25, 0.3) is 0 Å². The number of ether oxygens (including phenoxy) is 2. The van der Waals surface area contributed by atoms with Gasteiger partial charge in [-0.2, -0.15) is 0 Å². The molecule has 0 spiro atoms. The maximum Gasteiger partial charge on any atom is 0.232 e. The summed E-state index contributed by atoms with van der Waals surface area (Å²) in [6.45, 7) is 2.71. The number of thioether (sulfide) groups is 1. The van der Waals surface area contributed by atoms with Crippen molar-refractivity contribution in [3.05, 3.63) is 40.8 Å². The summed E-state index contributed by atoms with van der Waals surface area (Å²) in [5, 5.41) is 0. The Morgan fingerprint density at radius 2 is 1.70 bits per heavy atom. The molecular weight excluding hydrogens is 276 g/mol. The van der Waals surface area contributed by atoms with Gasteiger partial charge in [0, 0.05) is 16.0 Å². The molecule has 1 aliphatic heterocycles. The highest BCUT2D eigenvalue weighted by atomic mass is 32.2. The van der Waals surface area contributed by atoms with Crippen LogP contribution in [-0.4, -0.2) is 30.5 Å². The van der Waals surface area contributed by atoms with Gasteiger partial charge in [-0.25, -0.2) is 0 Å². The first kappa shape index (κ1) is 13.2. The van der Waals surface area contributed by atoms with Gasteiger partial charge < -0.3 is 9.47 Å². The number of carbonyl (C=O) groups excluding carboxylic acids is 2. The fourth-order valence-corrected chi connectivity index (χ4v) is 3.02. The normalized spacial score (nSPS) is 17.2. The molecule has 104 valence electrons. The summed E-state index contributed by atoms with van der Waals surface area (Å²) >= 11 is 1.67. The van der Waals surface area contributed by atoms with Crippen molar-refractivity contribution in [1.82, 2.24) is 0 Å². The van der Waals surface area contributed by atoms with Gasteiger partial charge in [-0.15, -0.1) is 11.8 Å². The fourth-order valence-electron chi connectivity index (χ4n) is 2.22. The van der Waals surface area contributed by atoms with Gasteiger partial charge in [-0.05, 0) is 30.4 Å². The maximum absolute atomic E-state index is 12.4. The third-order valence-electron chi connectivity index (χ3n) is 3.15. The van der Waals surface area contributed by atoms with Crippen molar-refractivity contribution in [2.75, 3.05) is 19.0 Å². The molecule has 0 unspecified atom stereocenters. The van der Waals surface area contributed by atoms with Gasteiger partial charge >= 0.3 is 0 Å². The quantitative estimate of drug-likeness (QED) is 0.801. The van der Waals surface area contributed by atoms with Crippen molar-refractivity contribution in [3.8, 4) is 0 Å². The molecule has 1 aromatic rings. The lowest BCUT2D eigenvalue weighted by Gasteiger charge is -2.25. The smallest absolute Gasteiger partial charge is 0.232 e. The average molecular weight is 290 g/mol. The molecule has 1 heterocycles. The Morgan fingerprint density at radius 1 is 1.05 bits per heavy atom. The van der Waals surface area contributed by atoms with Crippen molar-refractivity contribution in [2.45, 2.75) is 18.2 Å². The van der Waals surface area contributed by atoms with Crippen LogP contribution in [0.1, 0.15) is 34.1 Å². The molecule has 0 saturated heterocycles. The molecule has 0 fully saturated rings. The molecule has 4 nitrogen and oxygen atoms in total. The first-order valence-corrected chi connectivity index (χ1v) is 7.57. The Morgan fingerprint density at radius 3 is 2.35 bits per heavy atom. The molecule has 20 heavy (non-hydrogen) atoms. The summed E-state index contributed by atoms with van der Waals surface area (Å²) in [5.41, 5.74) is 0.820. The second kappa shape index (κ2) is 5.32. The number of ketones is 2. The molecule has 5 heteroatoms. The van der Waals surface area contributed by atoms with Crippen molar-refractivity contribution >= 4 is 23.3 Å². The van der Waals surface area contributed by atoms with Crippen LogP contribution in [0.2, 0.25) is 0 Å². The van der Waals surface area contributed by atoms with E-state index < -0.39 is 0 Å². The van der Waals surface area contributed by atoms with Crippen LogP contribution in [0.4, 0.5) is 0 Å². The predicted molar refractivity (Wildman–Crippen MR) is 75.0 cm³/mol. The summed E-state index contributed by atoms with van der Waals surface area (Å²) in [6, 6.07) is 5.35. The molecule has 0 atom stereocenters. The van der Waals surface area contributed by atoms with Crippen LogP contribution >= 0.6 is 11.8 Å². The number of allylic oxidation sites excluding steroid dienone is 2. The Labute approximate surface area is 121 Å².